The fourth-order valence-electron chi connectivity index (χ4n) is 3.26. The van der Waals surface area contributed by atoms with Crippen molar-refractivity contribution in [1.82, 2.24) is 4.31 Å². The summed E-state index contributed by atoms with van der Waals surface area (Å²) >= 11 is 0. The number of methoxy groups -OCH3 is 2. The molecule has 0 fully saturated rings. The van der Waals surface area contributed by atoms with Crippen LogP contribution in [0.1, 0.15) is 18.4 Å². The van der Waals surface area contributed by atoms with Gasteiger partial charge in [0.15, 0.2) is 0 Å². The number of nitrogens with zero attached hydrogens (tertiary/aromatic N) is 1. The molecular formula is C21H25N3O6S. The van der Waals surface area contributed by atoms with Crippen LogP contribution in [-0.2, 0) is 26.0 Å². The van der Waals surface area contributed by atoms with Crippen molar-refractivity contribution in [2.45, 2.75) is 24.2 Å². The van der Waals surface area contributed by atoms with Gasteiger partial charge in [-0.05, 0) is 36.6 Å². The van der Waals surface area contributed by atoms with Crippen LogP contribution in [0.4, 0.5) is 11.4 Å². The third-order valence-electron chi connectivity index (χ3n) is 4.91. The predicted octanol–water partition coefficient (Wildman–Crippen LogP) is 2.24. The lowest BCUT2D eigenvalue weighted by Gasteiger charge is -2.18. The van der Waals surface area contributed by atoms with Crippen molar-refractivity contribution in [3.05, 3.63) is 42.0 Å². The summed E-state index contributed by atoms with van der Waals surface area (Å²) in [6.45, 7) is -0.379. The Balaban J connectivity index is 1.73. The van der Waals surface area contributed by atoms with Crippen molar-refractivity contribution in [2.24, 2.45) is 0 Å². The molecule has 0 bridgehead atoms. The number of hydrogen-bond donors (Lipinski definition) is 2. The van der Waals surface area contributed by atoms with Crippen LogP contribution in [0.5, 0.6) is 11.5 Å². The number of ether oxygens (including phenoxy) is 2. The van der Waals surface area contributed by atoms with Gasteiger partial charge < -0.3 is 20.1 Å². The van der Waals surface area contributed by atoms with Gasteiger partial charge in [0, 0.05) is 43.0 Å². The monoisotopic (exact) mass is 447 g/mol. The Bertz CT molecular complexity index is 1080. The number of amides is 2. The molecule has 0 aliphatic carbocycles. The van der Waals surface area contributed by atoms with Crippen molar-refractivity contribution in [1.29, 1.82) is 0 Å². The smallest absolute Gasteiger partial charge is 0.243 e. The molecule has 1 aliphatic rings. The lowest BCUT2D eigenvalue weighted by atomic mass is 10.1. The molecule has 1 aliphatic heterocycles. The van der Waals surface area contributed by atoms with Gasteiger partial charge in [-0.2, -0.15) is 4.31 Å². The molecule has 0 saturated heterocycles. The number of aryl methyl sites for hydroxylation is 1. The van der Waals surface area contributed by atoms with E-state index in [9.17, 15) is 18.0 Å². The van der Waals surface area contributed by atoms with Crippen molar-refractivity contribution >= 4 is 33.2 Å². The van der Waals surface area contributed by atoms with E-state index in [1.807, 2.05) is 0 Å². The number of anilines is 2. The van der Waals surface area contributed by atoms with Crippen molar-refractivity contribution in [2.75, 3.05) is 38.4 Å². The molecule has 3 rings (SSSR count). The minimum atomic E-state index is -3.90. The Kier molecular flexibility index (Phi) is 6.81. The number of benzene rings is 2. The summed E-state index contributed by atoms with van der Waals surface area (Å²) in [6.07, 6.45) is 1.63. The van der Waals surface area contributed by atoms with Gasteiger partial charge in [-0.1, -0.05) is 0 Å². The molecular weight excluding hydrogens is 422 g/mol. The number of sulfonamides is 1. The van der Waals surface area contributed by atoms with Gasteiger partial charge in [-0.25, -0.2) is 8.42 Å². The first-order chi connectivity index (χ1) is 14.7. The molecule has 166 valence electrons. The SMILES string of the molecule is COc1cc(NC(=O)CN(C)S(=O)(=O)c2ccc3c(c2)CCCC(=O)N3)cc(OC)c1. The lowest BCUT2D eigenvalue weighted by molar-refractivity contribution is -0.117. The number of carbonyl (C=O) groups excluding carboxylic acids is 2. The zero-order valence-electron chi connectivity index (χ0n) is 17.6. The molecule has 31 heavy (non-hydrogen) atoms. The second kappa shape index (κ2) is 9.36. The zero-order chi connectivity index (χ0) is 22.6. The molecule has 0 radical (unpaired) electrons. The molecule has 2 aromatic rings. The fourth-order valence-corrected chi connectivity index (χ4v) is 4.44. The highest BCUT2D eigenvalue weighted by atomic mass is 32.2. The molecule has 0 saturated carbocycles. The molecule has 0 aromatic heterocycles. The van der Waals surface area contributed by atoms with E-state index < -0.39 is 15.9 Å². The van der Waals surface area contributed by atoms with Crippen molar-refractivity contribution in [3.63, 3.8) is 0 Å². The van der Waals surface area contributed by atoms with E-state index in [0.29, 0.717) is 42.1 Å². The highest BCUT2D eigenvalue weighted by Crippen LogP contribution is 2.27. The van der Waals surface area contributed by atoms with Gasteiger partial charge in [-0.3, -0.25) is 9.59 Å². The van der Waals surface area contributed by atoms with Crippen LogP contribution in [0.2, 0.25) is 0 Å². The van der Waals surface area contributed by atoms with E-state index in [1.54, 1.807) is 30.3 Å². The van der Waals surface area contributed by atoms with E-state index in [-0.39, 0.29) is 17.3 Å². The van der Waals surface area contributed by atoms with E-state index in [4.69, 9.17) is 9.47 Å². The van der Waals surface area contributed by atoms with Crippen molar-refractivity contribution < 1.29 is 27.5 Å². The standard InChI is InChI=1S/C21H25N3O6S/c1-24(13-21(26)22-15-10-16(29-2)12-17(11-15)30-3)31(27,28)18-7-8-19-14(9-18)5-4-6-20(25)23-19/h7-12H,4-6,13H2,1-3H3,(H,22,26)(H,23,25). The lowest BCUT2D eigenvalue weighted by Crippen LogP contribution is -2.35. The van der Waals surface area contributed by atoms with Gasteiger partial charge in [0.05, 0.1) is 25.7 Å². The Morgan fingerprint density at radius 1 is 1.10 bits per heavy atom. The Morgan fingerprint density at radius 3 is 2.42 bits per heavy atom. The summed E-state index contributed by atoms with van der Waals surface area (Å²) in [6, 6.07) is 9.44. The average molecular weight is 448 g/mol. The molecule has 1 heterocycles. The molecule has 2 amide bonds. The molecule has 2 N–H and O–H groups in total. The van der Waals surface area contributed by atoms with E-state index in [0.717, 1.165) is 9.87 Å². The predicted molar refractivity (Wildman–Crippen MR) is 116 cm³/mol. The summed E-state index contributed by atoms with van der Waals surface area (Å²) in [5, 5.41) is 5.43. The number of rotatable bonds is 7. The number of carbonyl (C=O) groups is 2. The summed E-state index contributed by atoms with van der Waals surface area (Å²) in [5.74, 6) is 0.390. The molecule has 9 nitrogen and oxygen atoms in total. The van der Waals surface area contributed by atoms with Gasteiger partial charge in [0.25, 0.3) is 0 Å². The number of hydrogen-bond acceptors (Lipinski definition) is 6. The maximum absolute atomic E-state index is 13.0. The second-order valence-electron chi connectivity index (χ2n) is 7.13. The summed E-state index contributed by atoms with van der Waals surface area (Å²) in [5.41, 5.74) is 1.80. The van der Waals surface area contributed by atoms with Crippen LogP contribution in [0.3, 0.4) is 0 Å². The quantitative estimate of drug-likeness (QED) is 0.673. The first kappa shape index (κ1) is 22.6. The van der Waals surface area contributed by atoms with Gasteiger partial charge in [0.2, 0.25) is 21.8 Å². The Morgan fingerprint density at radius 2 is 1.77 bits per heavy atom. The maximum Gasteiger partial charge on any atom is 0.243 e. The average Bonchev–Trinajstić information content (AvgIpc) is 2.92. The zero-order valence-corrected chi connectivity index (χ0v) is 18.4. The molecule has 0 spiro atoms. The molecule has 10 heteroatoms. The summed E-state index contributed by atoms with van der Waals surface area (Å²) < 4.78 is 37.3. The number of likely N-dealkylation sites (N-methyl/N-ethyl adjacent to an activating group) is 1. The first-order valence-corrected chi connectivity index (χ1v) is 11.1. The first-order valence-electron chi connectivity index (χ1n) is 9.65. The molecule has 0 atom stereocenters. The third kappa shape index (κ3) is 5.33. The fraction of sp³-hybridized carbons (Fsp3) is 0.333. The highest BCUT2D eigenvalue weighted by Gasteiger charge is 2.25. The Hall–Kier alpha value is -3.11. The number of nitrogens with one attached hydrogen (secondary N) is 2. The van der Waals surface area contributed by atoms with Crippen LogP contribution in [0.15, 0.2) is 41.3 Å². The van der Waals surface area contributed by atoms with Crippen LogP contribution in [0, 0.1) is 0 Å². The van der Waals surface area contributed by atoms with Gasteiger partial charge in [-0.15, -0.1) is 0 Å². The third-order valence-corrected chi connectivity index (χ3v) is 6.71. The maximum atomic E-state index is 13.0. The van der Waals surface area contributed by atoms with Crippen molar-refractivity contribution in [3.8, 4) is 11.5 Å². The molecule has 0 unspecified atom stereocenters. The van der Waals surface area contributed by atoms with Gasteiger partial charge >= 0.3 is 0 Å². The highest BCUT2D eigenvalue weighted by molar-refractivity contribution is 7.89. The van der Waals surface area contributed by atoms with Crippen LogP contribution in [0.25, 0.3) is 0 Å². The topological polar surface area (TPSA) is 114 Å². The van der Waals surface area contributed by atoms with Crippen LogP contribution in [-0.4, -0.2) is 52.3 Å². The normalized spacial score (nSPS) is 13.7. The summed E-state index contributed by atoms with van der Waals surface area (Å²) in [7, 11) is 0.427. The van der Waals surface area contributed by atoms with Crippen LogP contribution < -0.4 is 20.1 Å². The minimum Gasteiger partial charge on any atom is -0.497 e. The second-order valence-corrected chi connectivity index (χ2v) is 9.18. The summed E-state index contributed by atoms with van der Waals surface area (Å²) in [4.78, 5) is 24.2. The minimum absolute atomic E-state index is 0.0701. The van der Waals surface area contributed by atoms with E-state index in [2.05, 4.69) is 10.6 Å². The number of fused-ring (bicyclic) bond motifs is 1. The van der Waals surface area contributed by atoms with E-state index in [1.165, 1.54) is 27.3 Å². The largest absolute Gasteiger partial charge is 0.497 e. The molecule has 2 aromatic carbocycles. The Labute approximate surface area is 181 Å². The van der Waals surface area contributed by atoms with Gasteiger partial charge in [0.1, 0.15) is 11.5 Å². The van der Waals surface area contributed by atoms with E-state index >= 15 is 0 Å². The van der Waals surface area contributed by atoms with Crippen LogP contribution >= 0.6 is 0 Å².